The van der Waals surface area contributed by atoms with E-state index in [0.717, 1.165) is 11.5 Å². The van der Waals surface area contributed by atoms with Crippen LogP contribution in [0.25, 0.3) is 0 Å². The van der Waals surface area contributed by atoms with Crippen molar-refractivity contribution in [3.8, 4) is 11.5 Å². The first kappa shape index (κ1) is 15.8. The molecule has 2 aromatic carbocycles. The Bertz CT molecular complexity index is 564. The second kappa shape index (κ2) is 7.44. The van der Waals surface area contributed by atoms with Crippen molar-refractivity contribution in [2.75, 3.05) is 24.7 Å². The Morgan fingerprint density at radius 2 is 1.24 bits per heavy atom. The normalized spacial score (nSPS) is 10.4. The molecule has 0 saturated carbocycles. The minimum absolute atomic E-state index is 0.525. The third kappa shape index (κ3) is 4.20. The summed E-state index contributed by atoms with van der Waals surface area (Å²) < 4.78 is 13.6. The zero-order valence-electron chi connectivity index (χ0n) is 12.3. The summed E-state index contributed by atoms with van der Waals surface area (Å²) in [5, 5.41) is 0. The number of nitrogen functional groups attached to an aromatic ring is 2. The molecule has 0 aliphatic heterocycles. The summed E-state index contributed by atoms with van der Waals surface area (Å²) in [7, 11) is 0. The van der Waals surface area contributed by atoms with E-state index in [9.17, 15) is 0 Å². The summed E-state index contributed by atoms with van der Waals surface area (Å²) in [5.41, 5.74) is 13.2. The molecule has 21 heavy (non-hydrogen) atoms. The van der Waals surface area contributed by atoms with Crippen molar-refractivity contribution < 1.29 is 9.47 Å². The molecule has 0 unspecified atom stereocenters. The van der Waals surface area contributed by atoms with Crippen LogP contribution in [0.4, 0.5) is 11.4 Å². The monoisotopic (exact) mass is 402 g/mol. The van der Waals surface area contributed by atoms with Gasteiger partial charge in [0, 0.05) is 0 Å². The van der Waals surface area contributed by atoms with E-state index in [2.05, 4.69) is 12.1 Å². The van der Waals surface area contributed by atoms with Crippen LogP contribution in [0, 0.1) is 0 Å². The van der Waals surface area contributed by atoms with Crippen LogP contribution < -0.4 is 28.2 Å². The molecular formula is C16H20N2O2Te. The first-order valence-electron chi connectivity index (χ1n) is 6.86. The Balaban J connectivity index is 2.21. The van der Waals surface area contributed by atoms with E-state index >= 15 is 0 Å². The first-order chi connectivity index (χ1) is 10.1. The molecule has 0 aliphatic rings. The van der Waals surface area contributed by atoms with Crippen LogP contribution in [0.2, 0.25) is 0 Å². The summed E-state index contributed by atoms with van der Waals surface area (Å²) in [5.74, 6) is 1.53. The van der Waals surface area contributed by atoms with Crippen molar-refractivity contribution in [1.29, 1.82) is 0 Å². The van der Waals surface area contributed by atoms with Crippen LogP contribution in [-0.2, 0) is 0 Å². The molecular weight excluding hydrogens is 380 g/mol. The number of hydrogen-bond acceptors (Lipinski definition) is 4. The van der Waals surface area contributed by atoms with Crippen LogP contribution in [0.15, 0.2) is 36.4 Å². The number of benzene rings is 2. The molecule has 4 nitrogen and oxygen atoms in total. The van der Waals surface area contributed by atoms with Crippen LogP contribution in [0.3, 0.4) is 0 Å². The van der Waals surface area contributed by atoms with Gasteiger partial charge in [0.05, 0.1) is 0 Å². The van der Waals surface area contributed by atoms with Gasteiger partial charge in [-0.1, -0.05) is 0 Å². The molecule has 0 heterocycles. The van der Waals surface area contributed by atoms with Gasteiger partial charge in [-0.3, -0.25) is 0 Å². The predicted molar refractivity (Wildman–Crippen MR) is 89.1 cm³/mol. The standard InChI is InChI=1S/C16H20N2O2Te/c1-3-19-15-9-11(5-7-13(15)17)21-12-6-8-14(18)16(10-12)20-4-2/h5-10H,3-4,17-18H2,1-2H3. The average Bonchev–Trinajstić information content (AvgIpc) is 2.47. The molecule has 0 aromatic heterocycles. The van der Waals surface area contributed by atoms with Gasteiger partial charge in [-0.15, -0.1) is 0 Å². The Kier molecular flexibility index (Phi) is 5.60. The first-order valence-corrected chi connectivity index (χ1v) is 9.19. The summed E-state index contributed by atoms with van der Waals surface area (Å²) in [6, 6.07) is 12.0. The predicted octanol–water partition coefficient (Wildman–Crippen LogP) is 1.30. The molecule has 112 valence electrons. The van der Waals surface area contributed by atoms with Gasteiger partial charge in [0.2, 0.25) is 0 Å². The van der Waals surface area contributed by atoms with Gasteiger partial charge >= 0.3 is 135 Å². The maximum atomic E-state index is 5.91. The third-order valence-corrected chi connectivity index (χ3v) is 5.60. The molecule has 0 atom stereocenters. The fourth-order valence-corrected chi connectivity index (χ4v) is 4.35. The number of ether oxygens (including phenoxy) is 2. The zero-order valence-corrected chi connectivity index (χ0v) is 14.6. The van der Waals surface area contributed by atoms with Crippen LogP contribution >= 0.6 is 0 Å². The van der Waals surface area contributed by atoms with Crippen LogP contribution in [0.1, 0.15) is 13.8 Å². The van der Waals surface area contributed by atoms with Gasteiger partial charge in [-0.2, -0.15) is 0 Å². The van der Waals surface area contributed by atoms with Crippen molar-refractivity contribution in [2.24, 2.45) is 0 Å². The number of hydrogen-bond donors (Lipinski definition) is 2. The van der Waals surface area contributed by atoms with Gasteiger partial charge in [0.1, 0.15) is 0 Å². The van der Waals surface area contributed by atoms with E-state index in [1.807, 2.05) is 38.1 Å². The van der Waals surface area contributed by atoms with Crippen molar-refractivity contribution >= 4 is 39.5 Å². The van der Waals surface area contributed by atoms with Gasteiger partial charge in [-0.05, 0) is 0 Å². The fraction of sp³-hybridized carbons (Fsp3) is 0.250. The molecule has 0 radical (unpaired) electrons. The molecule has 2 aromatic rings. The van der Waals surface area contributed by atoms with E-state index in [1.165, 1.54) is 7.22 Å². The number of nitrogens with two attached hydrogens (primary N) is 2. The summed E-state index contributed by atoms with van der Waals surface area (Å²) >= 11 is -0.525. The topological polar surface area (TPSA) is 70.5 Å². The average molecular weight is 400 g/mol. The van der Waals surface area contributed by atoms with Gasteiger partial charge in [0.15, 0.2) is 0 Å². The van der Waals surface area contributed by atoms with E-state index in [-0.39, 0.29) is 0 Å². The zero-order chi connectivity index (χ0) is 15.2. The SMILES string of the molecule is CCOc1cc([Te]c2ccc(N)c(OCC)c2)ccc1N. The second-order valence-corrected chi connectivity index (χ2v) is 7.64. The van der Waals surface area contributed by atoms with Gasteiger partial charge < -0.3 is 0 Å². The molecule has 0 saturated heterocycles. The number of anilines is 2. The number of rotatable bonds is 6. The Hall–Kier alpha value is -1.57. The molecule has 0 bridgehead atoms. The molecule has 2 rings (SSSR count). The minimum atomic E-state index is -0.525. The van der Waals surface area contributed by atoms with E-state index in [1.54, 1.807) is 0 Å². The molecule has 0 amide bonds. The molecule has 5 heteroatoms. The maximum absolute atomic E-state index is 5.91. The van der Waals surface area contributed by atoms with Crippen molar-refractivity contribution in [3.63, 3.8) is 0 Å². The Labute approximate surface area is 135 Å². The summed E-state index contributed by atoms with van der Waals surface area (Å²) in [6.45, 7) is 5.14. The van der Waals surface area contributed by atoms with Crippen molar-refractivity contribution in [2.45, 2.75) is 13.8 Å². The summed E-state index contributed by atoms with van der Waals surface area (Å²) in [4.78, 5) is 0. The quantitative estimate of drug-likeness (QED) is 0.567. The van der Waals surface area contributed by atoms with Gasteiger partial charge in [0.25, 0.3) is 0 Å². The van der Waals surface area contributed by atoms with Crippen molar-refractivity contribution in [1.82, 2.24) is 0 Å². The second-order valence-electron chi connectivity index (χ2n) is 4.37. The van der Waals surface area contributed by atoms with E-state index in [4.69, 9.17) is 20.9 Å². The summed E-state index contributed by atoms with van der Waals surface area (Å²) in [6.07, 6.45) is 0. The Morgan fingerprint density at radius 1 is 0.810 bits per heavy atom. The molecule has 0 fully saturated rings. The fourth-order valence-electron chi connectivity index (χ4n) is 1.85. The molecule has 0 spiro atoms. The Morgan fingerprint density at radius 3 is 1.62 bits per heavy atom. The van der Waals surface area contributed by atoms with Crippen molar-refractivity contribution in [3.05, 3.63) is 36.4 Å². The van der Waals surface area contributed by atoms with E-state index in [0.29, 0.717) is 24.6 Å². The van der Waals surface area contributed by atoms with Crippen LogP contribution in [0.5, 0.6) is 11.5 Å². The van der Waals surface area contributed by atoms with E-state index < -0.39 is 20.9 Å². The molecule has 4 N–H and O–H groups in total. The third-order valence-electron chi connectivity index (χ3n) is 2.81. The molecule has 0 aliphatic carbocycles. The van der Waals surface area contributed by atoms with Gasteiger partial charge in [-0.25, -0.2) is 0 Å². The van der Waals surface area contributed by atoms with Crippen LogP contribution in [-0.4, -0.2) is 34.1 Å².